The van der Waals surface area contributed by atoms with Crippen LogP contribution >= 0.6 is 0 Å². The van der Waals surface area contributed by atoms with Crippen LogP contribution in [0.4, 0.5) is 17.3 Å². The standard InChI is InChI=1S/C23H20N4O/c1-2-13-24-22-14-20-19(16-25-22)21(28)15-23(26-17-9-5-3-6-10-17)27(20)18-11-7-4-8-12-18/h2-12,14-16,26H,1,13H2,(H,24,25). The Bertz CT molecular complexity index is 1170. The monoisotopic (exact) mass is 368 g/mol. The van der Waals surface area contributed by atoms with E-state index in [9.17, 15) is 4.79 Å². The minimum atomic E-state index is -0.0802. The second kappa shape index (κ2) is 7.80. The molecule has 0 saturated carbocycles. The second-order valence-corrected chi connectivity index (χ2v) is 6.31. The molecule has 0 amide bonds. The van der Waals surface area contributed by atoms with Crippen molar-refractivity contribution in [2.45, 2.75) is 0 Å². The molecule has 0 unspecified atom stereocenters. The number of nitrogens with one attached hydrogen (secondary N) is 2. The lowest BCUT2D eigenvalue weighted by molar-refractivity contribution is 1.09. The summed E-state index contributed by atoms with van der Waals surface area (Å²) < 4.78 is 2.03. The van der Waals surface area contributed by atoms with Crippen LogP contribution in [0.5, 0.6) is 0 Å². The van der Waals surface area contributed by atoms with Crippen molar-refractivity contribution in [1.82, 2.24) is 9.55 Å². The van der Waals surface area contributed by atoms with E-state index >= 15 is 0 Å². The van der Waals surface area contributed by atoms with Crippen molar-refractivity contribution in [1.29, 1.82) is 0 Å². The molecule has 5 nitrogen and oxygen atoms in total. The Morgan fingerprint density at radius 2 is 1.71 bits per heavy atom. The molecule has 4 aromatic rings. The van der Waals surface area contributed by atoms with Gasteiger partial charge in [-0.25, -0.2) is 4.98 Å². The predicted octanol–water partition coefficient (Wildman–Crippen LogP) is 4.73. The van der Waals surface area contributed by atoms with Crippen LogP contribution in [0.25, 0.3) is 16.6 Å². The van der Waals surface area contributed by atoms with Gasteiger partial charge in [-0.1, -0.05) is 42.5 Å². The van der Waals surface area contributed by atoms with E-state index in [2.05, 4.69) is 22.2 Å². The molecule has 2 heterocycles. The molecule has 2 aromatic carbocycles. The van der Waals surface area contributed by atoms with Gasteiger partial charge in [0, 0.05) is 36.2 Å². The fraction of sp³-hybridized carbons (Fsp3) is 0.0435. The highest BCUT2D eigenvalue weighted by Crippen LogP contribution is 2.26. The second-order valence-electron chi connectivity index (χ2n) is 6.31. The Hall–Kier alpha value is -3.86. The summed E-state index contributed by atoms with van der Waals surface area (Å²) in [5.74, 6) is 1.38. The maximum absolute atomic E-state index is 12.8. The minimum Gasteiger partial charge on any atom is -0.367 e. The smallest absolute Gasteiger partial charge is 0.193 e. The molecule has 0 atom stereocenters. The SMILES string of the molecule is C=CCNc1cc2c(cn1)c(=O)cc(Nc1ccccc1)n2-c1ccccc1. The van der Waals surface area contributed by atoms with Gasteiger partial charge in [-0.15, -0.1) is 6.58 Å². The Morgan fingerprint density at radius 3 is 2.43 bits per heavy atom. The summed E-state index contributed by atoms with van der Waals surface area (Å²) in [6, 6.07) is 23.2. The van der Waals surface area contributed by atoms with Gasteiger partial charge in [0.25, 0.3) is 0 Å². The van der Waals surface area contributed by atoms with E-state index in [1.165, 1.54) is 0 Å². The average molecular weight is 368 g/mol. The number of fused-ring (bicyclic) bond motifs is 1. The summed E-state index contributed by atoms with van der Waals surface area (Å²) in [5, 5.41) is 7.12. The normalized spacial score (nSPS) is 10.6. The summed E-state index contributed by atoms with van der Waals surface area (Å²) in [6.45, 7) is 4.32. The van der Waals surface area contributed by atoms with Crippen LogP contribution in [-0.4, -0.2) is 16.1 Å². The van der Waals surface area contributed by atoms with Gasteiger partial charge in [0.15, 0.2) is 5.43 Å². The third-order valence-electron chi connectivity index (χ3n) is 4.39. The Labute approximate surface area is 163 Å². The molecule has 5 heteroatoms. The fourth-order valence-electron chi connectivity index (χ4n) is 3.11. The summed E-state index contributed by atoms with van der Waals surface area (Å²) >= 11 is 0. The van der Waals surface area contributed by atoms with Crippen LogP contribution in [0, 0.1) is 0 Å². The first-order chi connectivity index (χ1) is 13.8. The molecule has 28 heavy (non-hydrogen) atoms. The van der Waals surface area contributed by atoms with Gasteiger partial charge < -0.3 is 10.6 Å². The van der Waals surface area contributed by atoms with Gasteiger partial charge in [-0.3, -0.25) is 9.36 Å². The van der Waals surface area contributed by atoms with Crippen LogP contribution < -0.4 is 16.1 Å². The van der Waals surface area contributed by atoms with Crippen LogP contribution in [0.3, 0.4) is 0 Å². The number of para-hydroxylation sites is 2. The number of nitrogens with zero attached hydrogens (tertiary/aromatic N) is 2. The fourth-order valence-corrected chi connectivity index (χ4v) is 3.11. The summed E-state index contributed by atoms with van der Waals surface area (Å²) in [5.41, 5.74) is 2.55. The Morgan fingerprint density at radius 1 is 1.00 bits per heavy atom. The summed E-state index contributed by atoms with van der Waals surface area (Å²) in [7, 11) is 0. The first-order valence-corrected chi connectivity index (χ1v) is 9.04. The lowest BCUT2D eigenvalue weighted by atomic mass is 10.2. The van der Waals surface area contributed by atoms with Crippen LogP contribution in [0.1, 0.15) is 0 Å². The van der Waals surface area contributed by atoms with E-state index < -0.39 is 0 Å². The number of hydrogen-bond donors (Lipinski definition) is 2. The highest BCUT2D eigenvalue weighted by molar-refractivity contribution is 5.85. The number of rotatable bonds is 6. The number of hydrogen-bond acceptors (Lipinski definition) is 4. The third kappa shape index (κ3) is 3.50. The summed E-state index contributed by atoms with van der Waals surface area (Å²) in [4.78, 5) is 17.1. The largest absolute Gasteiger partial charge is 0.367 e. The van der Waals surface area contributed by atoms with Crippen molar-refractivity contribution in [3.63, 3.8) is 0 Å². The van der Waals surface area contributed by atoms with Crippen molar-refractivity contribution in [2.24, 2.45) is 0 Å². The predicted molar refractivity (Wildman–Crippen MR) is 116 cm³/mol. The molecule has 0 saturated heterocycles. The number of aromatic nitrogens is 2. The minimum absolute atomic E-state index is 0.0802. The molecular formula is C23H20N4O. The van der Waals surface area contributed by atoms with Gasteiger partial charge in [-0.05, 0) is 24.3 Å². The van der Waals surface area contributed by atoms with Crippen molar-refractivity contribution in [3.05, 3.63) is 102 Å². The van der Waals surface area contributed by atoms with E-state index in [0.717, 1.165) is 16.9 Å². The lowest BCUT2D eigenvalue weighted by Gasteiger charge is -2.19. The van der Waals surface area contributed by atoms with Crippen LogP contribution in [-0.2, 0) is 0 Å². The Balaban J connectivity index is 1.96. The maximum Gasteiger partial charge on any atom is 0.193 e. The highest BCUT2D eigenvalue weighted by Gasteiger charge is 2.12. The molecule has 0 bridgehead atoms. The molecular weight excluding hydrogens is 348 g/mol. The van der Waals surface area contributed by atoms with Crippen LogP contribution in [0.2, 0.25) is 0 Å². The molecule has 0 fully saturated rings. The first-order valence-electron chi connectivity index (χ1n) is 9.04. The molecule has 2 aromatic heterocycles. The van der Waals surface area contributed by atoms with Crippen molar-refractivity contribution >= 4 is 28.2 Å². The van der Waals surface area contributed by atoms with Crippen LogP contribution in [0.15, 0.2) is 96.4 Å². The molecule has 4 rings (SSSR count). The third-order valence-corrected chi connectivity index (χ3v) is 4.39. The van der Waals surface area contributed by atoms with Crippen molar-refractivity contribution in [3.8, 4) is 5.69 Å². The van der Waals surface area contributed by atoms with Gasteiger partial charge in [0.1, 0.15) is 11.6 Å². The van der Waals surface area contributed by atoms with E-state index in [1.807, 2.05) is 71.3 Å². The number of anilines is 3. The maximum atomic E-state index is 12.8. The zero-order valence-corrected chi connectivity index (χ0v) is 15.3. The molecule has 0 spiro atoms. The summed E-state index contributed by atoms with van der Waals surface area (Å²) in [6.07, 6.45) is 3.39. The molecule has 2 N–H and O–H groups in total. The molecule has 0 aliphatic heterocycles. The number of pyridine rings is 2. The first kappa shape index (κ1) is 17.5. The number of benzene rings is 2. The quantitative estimate of drug-likeness (QED) is 0.483. The molecule has 138 valence electrons. The van der Waals surface area contributed by atoms with Crippen molar-refractivity contribution < 1.29 is 0 Å². The Kier molecular flexibility index (Phi) is 4.89. The van der Waals surface area contributed by atoms with Gasteiger partial charge >= 0.3 is 0 Å². The van der Waals surface area contributed by atoms with Crippen molar-refractivity contribution in [2.75, 3.05) is 17.2 Å². The van der Waals surface area contributed by atoms with E-state index in [0.29, 0.717) is 23.6 Å². The molecule has 0 aliphatic carbocycles. The van der Waals surface area contributed by atoms with Gasteiger partial charge in [0.05, 0.1) is 10.9 Å². The molecule has 0 aliphatic rings. The molecule has 0 radical (unpaired) electrons. The lowest BCUT2D eigenvalue weighted by Crippen LogP contribution is -2.13. The topological polar surface area (TPSA) is 59.0 Å². The zero-order valence-electron chi connectivity index (χ0n) is 15.3. The zero-order chi connectivity index (χ0) is 19.3. The highest BCUT2D eigenvalue weighted by atomic mass is 16.1. The van der Waals surface area contributed by atoms with E-state index in [4.69, 9.17) is 0 Å². The van der Waals surface area contributed by atoms with Gasteiger partial charge in [-0.2, -0.15) is 0 Å². The van der Waals surface area contributed by atoms with Gasteiger partial charge in [0.2, 0.25) is 0 Å². The van der Waals surface area contributed by atoms with E-state index in [1.54, 1.807) is 18.3 Å². The average Bonchev–Trinajstić information content (AvgIpc) is 2.73. The van der Waals surface area contributed by atoms with E-state index in [-0.39, 0.29) is 5.43 Å².